The molecule has 0 spiro atoms. The van der Waals surface area contributed by atoms with E-state index in [-0.39, 0.29) is 42.5 Å². The lowest BCUT2D eigenvalue weighted by Gasteiger charge is -2.42. The van der Waals surface area contributed by atoms with E-state index in [9.17, 15) is 9.90 Å². The molecule has 0 aromatic heterocycles. The molecule has 1 saturated heterocycles. The number of nitrogens with zero attached hydrogens (tertiary/aromatic N) is 2. The Morgan fingerprint density at radius 3 is 2.15 bits per heavy atom. The van der Waals surface area contributed by atoms with E-state index >= 15 is 0 Å². The number of benzene rings is 3. The summed E-state index contributed by atoms with van der Waals surface area (Å²) in [6.07, 6.45) is 0. The van der Waals surface area contributed by atoms with Gasteiger partial charge < -0.3 is 24.8 Å². The molecule has 212 valence electrons. The first-order chi connectivity index (χ1) is 17.8. The zero-order valence-electron chi connectivity index (χ0n) is 22.9. The number of ether oxygens (including phenoxy) is 2. The standard InChI is InChI=1S/C30H37N3O4.2ClH/c1-21(2)29(20-32-16-17-33(22(3)19-32)24-6-5-7-25(34)18-24)31-30(35)23-8-10-27(11-9-23)37-28-14-12-26(36-4)13-15-28;;/h5-15,18,21-22,29,34H,16-17,19-20H2,1-4H3,(H,31,35);2*1H/t22-,29?;;/m0../s1. The van der Waals surface area contributed by atoms with Crippen LogP contribution in [0.25, 0.3) is 0 Å². The Labute approximate surface area is 243 Å². The first-order valence-corrected chi connectivity index (χ1v) is 12.8. The van der Waals surface area contributed by atoms with Crippen molar-refractivity contribution in [1.82, 2.24) is 10.2 Å². The summed E-state index contributed by atoms with van der Waals surface area (Å²) in [6, 6.07) is 22.3. The van der Waals surface area contributed by atoms with Crippen molar-refractivity contribution in [3.05, 3.63) is 78.4 Å². The third-order valence-corrected chi connectivity index (χ3v) is 6.86. The molecule has 0 aliphatic carbocycles. The number of phenolic OH excluding ortho intramolecular Hbond substituents is 1. The Hall–Kier alpha value is -3.13. The van der Waals surface area contributed by atoms with Crippen LogP contribution < -0.4 is 19.7 Å². The minimum absolute atomic E-state index is 0. The lowest BCUT2D eigenvalue weighted by atomic mass is 10.0. The summed E-state index contributed by atoms with van der Waals surface area (Å²) in [6.45, 7) is 9.95. The molecule has 1 aliphatic heterocycles. The largest absolute Gasteiger partial charge is 0.508 e. The van der Waals surface area contributed by atoms with Crippen LogP contribution in [-0.2, 0) is 0 Å². The van der Waals surface area contributed by atoms with Gasteiger partial charge in [-0.3, -0.25) is 9.69 Å². The summed E-state index contributed by atoms with van der Waals surface area (Å²) in [5.41, 5.74) is 1.65. The smallest absolute Gasteiger partial charge is 0.251 e. The van der Waals surface area contributed by atoms with Crippen molar-refractivity contribution >= 4 is 36.4 Å². The Morgan fingerprint density at radius 2 is 1.59 bits per heavy atom. The maximum Gasteiger partial charge on any atom is 0.251 e. The van der Waals surface area contributed by atoms with E-state index < -0.39 is 0 Å². The van der Waals surface area contributed by atoms with Crippen molar-refractivity contribution in [1.29, 1.82) is 0 Å². The van der Waals surface area contributed by atoms with Crippen LogP contribution in [0.1, 0.15) is 31.1 Å². The van der Waals surface area contributed by atoms with E-state index in [0.29, 0.717) is 29.0 Å². The molecule has 1 fully saturated rings. The number of methoxy groups -OCH3 is 1. The normalized spacial score (nSPS) is 16.0. The predicted molar refractivity (Wildman–Crippen MR) is 161 cm³/mol. The van der Waals surface area contributed by atoms with Crippen LogP contribution in [0.15, 0.2) is 72.8 Å². The monoisotopic (exact) mass is 575 g/mol. The second-order valence-electron chi connectivity index (χ2n) is 9.95. The van der Waals surface area contributed by atoms with Crippen molar-refractivity contribution in [3.63, 3.8) is 0 Å². The minimum atomic E-state index is -0.0823. The minimum Gasteiger partial charge on any atom is -0.508 e. The number of piperazine rings is 1. The van der Waals surface area contributed by atoms with Crippen LogP contribution in [0.4, 0.5) is 5.69 Å². The average Bonchev–Trinajstić information content (AvgIpc) is 2.89. The molecule has 2 N–H and O–H groups in total. The molecule has 4 rings (SSSR count). The van der Waals surface area contributed by atoms with Crippen LogP contribution in [0.5, 0.6) is 23.0 Å². The molecule has 9 heteroatoms. The van der Waals surface area contributed by atoms with E-state index in [0.717, 1.165) is 37.6 Å². The molecule has 0 bridgehead atoms. The van der Waals surface area contributed by atoms with Gasteiger partial charge in [-0.1, -0.05) is 19.9 Å². The molecule has 3 aromatic rings. The van der Waals surface area contributed by atoms with E-state index in [4.69, 9.17) is 9.47 Å². The number of carbonyl (C=O) groups excluding carboxylic acids is 1. The van der Waals surface area contributed by atoms with Crippen molar-refractivity contribution in [3.8, 4) is 23.0 Å². The number of nitrogens with one attached hydrogen (secondary N) is 1. The van der Waals surface area contributed by atoms with Gasteiger partial charge in [-0.25, -0.2) is 0 Å². The number of hydrogen-bond donors (Lipinski definition) is 2. The average molecular weight is 577 g/mol. The first-order valence-electron chi connectivity index (χ1n) is 12.8. The summed E-state index contributed by atoms with van der Waals surface area (Å²) in [4.78, 5) is 17.8. The third kappa shape index (κ3) is 8.68. The molecule has 1 aliphatic rings. The lowest BCUT2D eigenvalue weighted by Crippen LogP contribution is -2.56. The van der Waals surface area contributed by atoms with Crippen LogP contribution >= 0.6 is 24.8 Å². The van der Waals surface area contributed by atoms with E-state index in [1.54, 1.807) is 25.3 Å². The van der Waals surface area contributed by atoms with Gasteiger partial charge in [-0.05, 0) is 73.5 Å². The molecular formula is C30H39Cl2N3O4. The van der Waals surface area contributed by atoms with Gasteiger partial charge in [-0.15, -0.1) is 24.8 Å². The van der Waals surface area contributed by atoms with Crippen LogP contribution in [0.3, 0.4) is 0 Å². The zero-order valence-corrected chi connectivity index (χ0v) is 24.5. The van der Waals surface area contributed by atoms with Gasteiger partial charge in [0, 0.05) is 55.6 Å². The fraction of sp³-hybridized carbons (Fsp3) is 0.367. The number of rotatable bonds is 9. The Kier molecular flexibility index (Phi) is 12.2. The molecule has 1 amide bonds. The van der Waals surface area contributed by atoms with Gasteiger partial charge in [0.1, 0.15) is 23.0 Å². The summed E-state index contributed by atoms with van der Waals surface area (Å²) in [7, 11) is 1.63. The van der Waals surface area contributed by atoms with Crippen molar-refractivity contribution < 1.29 is 19.4 Å². The molecule has 0 radical (unpaired) electrons. The van der Waals surface area contributed by atoms with E-state index in [1.807, 2.05) is 54.6 Å². The Bertz CT molecular complexity index is 1180. The quantitative estimate of drug-likeness (QED) is 0.326. The number of anilines is 1. The molecule has 1 heterocycles. The van der Waals surface area contributed by atoms with Crippen LogP contribution in [-0.4, -0.2) is 61.3 Å². The summed E-state index contributed by atoms with van der Waals surface area (Å²) >= 11 is 0. The Morgan fingerprint density at radius 1 is 0.974 bits per heavy atom. The van der Waals surface area contributed by atoms with E-state index in [2.05, 4.69) is 35.9 Å². The highest BCUT2D eigenvalue weighted by molar-refractivity contribution is 5.94. The Balaban J connectivity index is 0.00000267. The SMILES string of the molecule is COc1ccc(Oc2ccc(C(=O)NC(CN3CCN(c4cccc(O)c4)[C@@H](C)C3)C(C)C)cc2)cc1.Cl.Cl. The summed E-state index contributed by atoms with van der Waals surface area (Å²) < 4.78 is 11.1. The molecule has 3 aromatic carbocycles. The fourth-order valence-corrected chi connectivity index (χ4v) is 4.66. The topological polar surface area (TPSA) is 74.3 Å². The number of amides is 1. The van der Waals surface area contributed by atoms with Crippen LogP contribution in [0, 0.1) is 5.92 Å². The fourth-order valence-electron chi connectivity index (χ4n) is 4.66. The number of carbonyl (C=O) groups is 1. The number of aromatic hydroxyl groups is 1. The van der Waals surface area contributed by atoms with Gasteiger partial charge >= 0.3 is 0 Å². The van der Waals surface area contributed by atoms with Crippen molar-refractivity contribution in [2.45, 2.75) is 32.9 Å². The molecular weight excluding hydrogens is 537 g/mol. The highest BCUT2D eigenvalue weighted by Crippen LogP contribution is 2.26. The van der Waals surface area contributed by atoms with Crippen molar-refractivity contribution in [2.24, 2.45) is 5.92 Å². The van der Waals surface area contributed by atoms with Gasteiger partial charge in [-0.2, -0.15) is 0 Å². The maximum absolute atomic E-state index is 13.1. The predicted octanol–water partition coefficient (Wildman–Crippen LogP) is 6.00. The zero-order chi connectivity index (χ0) is 26.4. The maximum atomic E-state index is 13.1. The number of hydrogen-bond acceptors (Lipinski definition) is 6. The first kappa shape index (κ1) is 32.1. The van der Waals surface area contributed by atoms with Gasteiger partial charge in [0.15, 0.2) is 0 Å². The number of phenols is 1. The summed E-state index contributed by atoms with van der Waals surface area (Å²) in [5, 5.41) is 13.1. The molecule has 1 unspecified atom stereocenters. The third-order valence-electron chi connectivity index (χ3n) is 6.86. The second kappa shape index (κ2) is 14.9. The molecule has 2 atom stereocenters. The highest BCUT2D eigenvalue weighted by Gasteiger charge is 2.27. The molecule has 0 saturated carbocycles. The van der Waals surface area contributed by atoms with Gasteiger partial charge in [0.2, 0.25) is 0 Å². The number of halogens is 2. The molecule has 7 nitrogen and oxygen atoms in total. The van der Waals surface area contributed by atoms with Gasteiger partial charge in [0.05, 0.1) is 7.11 Å². The molecule has 39 heavy (non-hydrogen) atoms. The van der Waals surface area contributed by atoms with Crippen molar-refractivity contribution in [2.75, 3.05) is 38.2 Å². The van der Waals surface area contributed by atoms with E-state index in [1.165, 1.54) is 0 Å². The summed E-state index contributed by atoms with van der Waals surface area (Å²) in [5.74, 6) is 2.64. The second-order valence-corrected chi connectivity index (χ2v) is 9.95. The highest BCUT2D eigenvalue weighted by atomic mass is 35.5. The van der Waals surface area contributed by atoms with Gasteiger partial charge in [0.25, 0.3) is 5.91 Å². The van der Waals surface area contributed by atoms with Crippen LogP contribution in [0.2, 0.25) is 0 Å². The lowest BCUT2D eigenvalue weighted by molar-refractivity contribution is 0.0903.